The van der Waals surface area contributed by atoms with Crippen LogP contribution in [0, 0.1) is 0 Å². The zero-order valence-electron chi connectivity index (χ0n) is 14.0. The lowest BCUT2D eigenvalue weighted by Crippen LogP contribution is -2.42. The first kappa shape index (κ1) is 18.2. The molecule has 1 aromatic carbocycles. The number of benzene rings is 1. The zero-order valence-corrected chi connectivity index (χ0v) is 15.6. The molecule has 1 atom stereocenters. The molecule has 0 fully saturated rings. The normalized spacial score (nSPS) is 13.0. The number of halogens is 1. The quantitative estimate of drug-likeness (QED) is 0.669. The average molecular weight is 353 g/mol. The maximum absolute atomic E-state index is 3.92. The van der Waals surface area contributed by atoms with Crippen LogP contribution in [0.25, 0.3) is 0 Å². The highest BCUT2D eigenvalue weighted by atomic mass is 79.9. The summed E-state index contributed by atoms with van der Waals surface area (Å²) in [4.78, 5) is 2.41. The average Bonchev–Trinajstić information content (AvgIpc) is 2.40. The molecular formula is C18H29BrN2. The van der Waals surface area contributed by atoms with E-state index in [2.05, 4.69) is 85.5 Å². The van der Waals surface area contributed by atoms with Crippen LogP contribution in [0.15, 0.2) is 35.3 Å². The van der Waals surface area contributed by atoms with E-state index in [1.165, 1.54) is 11.3 Å². The Morgan fingerprint density at radius 3 is 2.57 bits per heavy atom. The molecule has 3 heteroatoms. The Bertz CT molecular complexity index is 463. The summed E-state index contributed by atoms with van der Waals surface area (Å²) in [5.41, 5.74) is 2.66. The van der Waals surface area contributed by atoms with Crippen molar-refractivity contribution in [2.75, 3.05) is 18.0 Å². The summed E-state index contributed by atoms with van der Waals surface area (Å²) in [5.74, 6) is 0. The molecule has 0 saturated heterocycles. The maximum Gasteiger partial charge on any atom is 0.0433 e. The molecule has 1 N–H and O–H groups in total. The SMILES string of the molecule is C=CCN(c1cc(Br)ccc1C(C)NCCC)C(C)(C)C. The summed E-state index contributed by atoms with van der Waals surface area (Å²) in [6.07, 6.45) is 3.12. The van der Waals surface area contributed by atoms with E-state index in [4.69, 9.17) is 0 Å². The third-order valence-electron chi connectivity index (χ3n) is 3.57. The van der Waals surface area contributed by atoms with Gasteiger partial charge in [-0.25, -0.2) is 0 Å². The summed E-state index contributed by atoms with van der Waals surface area (Å²) in [5, 5.41) is 3.59. The zero-order chi connectivity index (χ0) is 16.0. The molecule has 0 aromatic heterocycles. The third kappa shape index (κ3) is 5.15. The fourth-order valence-corrected chi connectivity index (χ4v) is 2.80. The Hall–Kier alpha value is -0.800. The van der Waals surface area contributed by atoms with Crippen molar-refractivity contribution >= 4 is 21.6 Å². The topological polar surface area (TPSA) is 15.3 Å². The third-order valence-corrected chi connectivity index (χ3v) is 4.06. The van der Waals surface area contributed by atoms with E-state index in [0.29, 0.717) is 6.04 Å². The van der Waals surface area contributed by atoms with Gasteiger partial charge in [-0.15, -0.1) is 6.58 Å². The van der Waals surface area contributed by atoms with E-state index < -0.39 is 0 Å². The Balaban J connectivity index is 3.24. The minimum Gasteiger partial charge on any atom is -0.363 e. The van der Waals surface area contributed by atoms with E-state index in [1.54, 1.807) is 0 Å². The van der Waals surface area contributed by atoms with Crippen molar-refractivity contribution in [2.45, 2.75) is 52.6 Å². The number of hydrogen-bond donors (Lipinski definition) is 1. The second kappa shape index (κ2) is 8.00. The predicted molar refractivity (Wildman–Crippen MR) is 98.1 cm³/mol. The van der Waals surface area contributed by atoms with Gasteiger partial charge in [0.1, 0.15) is 0 Å². The van der Waals surface area contributed by atoms with E-state index >= 15 is 0 Å². The molecule has 0 aliphatic rings. The van der Waals surface area contributed by atoms with Crippen LogP contribution in [0.5, 0.6) is 0 Å². The lowest BCUT2D eigenvalue weighted by atomic mass is 9.99. The lowest BCUT2D eigenvalue weighted by Gasteiger charge is -2.39. The van der Waals surface area contributed by atoms with Gasteiger partial charge in [0, 0.05) is 28.3 Å². The smallest absolute Gasteiger partial charge is 0.0433 e. The maximum atomic E-state index is 3.92. The molecule has 0 saturated carbocycles. The summed E-state index contributed by atoms with van der Waals surface area (Å²) < 4.78 is 1.11. The Morgan fingerprint density at radius 2 is 2.05 bits per heavy atom. The highest BCUT2D eigenvalue weighted by Crippen LogP contribution is 2.33. The molecule has 0 aliphatic heterocycles. The van der Waals surface area contributed by atoms with Crippen molar-refractivity contribution < 1.29 is 0 Å². The van der Waals surface area contributed by atoms with Crippen LogP contribution < -0.4 is 10.2 Å². The van der Waals surface area contributed by atoms with Crippen LogP contribution in [-0.4, -0.2) is 18.6 Å². The molecule has 1 rings (SSSR count). The van der Waals surface area contributed by atoms with Crippen molar-refractivity contribution in [1.82, 2.24) is 5.32 Å². The highest BCUT2D eigenvalue weighted by molar-refractivity contribution is 9.10. The summed E-state index contributed by atoms with van der Waals surface area (Å²) in [7, 11) is 0. The van der Waals surface area contributed by atoms with Crippen molar-refractivity contribution in [3.8, 4) is 0 Å². The second-order valence-corrected chi connectivity index (χ2v) is 7.36. The first-order valence-corrected chi connectivity index (χ1v) is 8.52. The van der Waals surface area contributed by atoms with Crippen LogP contribution in [0.1, 0.15) is 52.6 Å². The molecular weight excluding hydrogens is 324 g/mol. The van der Waals surface area contributed by atoms with Gasteiger partial charge >= 0.3 is 0 Å². The molecule has 21 heavy (non-hydrogen) atoms. The van der Waals surface area contributed by atoms with Gasteiger partial charge in [-0.05, 0) is 58.4 Å². The number of nitrogens with one attached hydrogen (secondary N) is 1. The van der Waals surface area contributed by atoms with Gasteiger partial charge in [-0.2, -0.15) is 0 Å². The van der Waals surface area contributed by atoms with Gasteiger partial charge in [0.05, 0.1) is 0 Å². The molecule has 1 unspecified atom stereocenters. The molecule has 0 amide bonds. The number of anilines is 1. The Morgan fingerprint density at radius 1 is 1.38 bits per heavy atom. The van der Waals surface area contributed by atoms with Gasteiger partial charge in [0.15, 0.2) is 0 Å². The Labute approximate surface area is 138 Å². The van der Waals surface area contributed by atoms with E-state index in [9.17, 15) is 0 Å². The van der Waals surface area contributed by atoms with Gasteiger partial charge in [0.2, 0.25) is 0 Å². The van der Waals surface area contributed by atoms with Gasteiger partial charge in [0.25, 0.3) is 0 Å². The first-order chi connectivity index (χ1) is 9.81. The van der Waals surface area contributed by atoms with Crippen molar-refractivity contribution in [3.63, 3.8) is 0 Å². The summed E-state index contributed by atoms with van der Waals surface area (Å²) in [6, 6.07) is 6.89. The number of nitrogens with zero attached hydrogens (tertiary/aromatic N) is 1. The second-order valence-electron chi connectivity index (χ2n) is 6.45. The Kier molecular flexibility index (Phi) is 6.95. The monoisotopic (exact) mass is 352 g/mol. The van der Waals surface area contributed by atoms with Crippen LogP contribution in [0.4, 0.5) is 5.69 Å². The lowest BCUT2D eigenvalue weighted by molar-refractivity contribution is 0.513. The van der Waals surface area contributed by atoms with Crippen molar-refractivity contribution in [3.05, 3.63) is 40.9 Å². The highest BCUT2D eigenvalue weighted by Gasteiger charge is 2.24. The minimum absolute atomic E-state index is 0.0498. The number of rotatable bonds is 7. The molecule has 0 aliphatic carbocycles. The largest absolute Gasteiger partial charge is 0.363 e. The van der Waals surface area contributed by atoms with Gasteiger partial charge in [-0.3, -0.25) is 0 Å². The minimum atomic E-state index is 0.0498. The molecule has 1 aromatic rings. The fraction of sp³-hybridized carbons (Fsp3) is 0.556. The summed E-state index contributed by atoms with van der Waals surface area (Å²) in [6.45, 7) is 16.9. The molecule has 0 bridgehead atoms. The molecule has 0 spiro atoms. The van der Waals surface area contributed by atoms with Crippen LogP contribution in [0.2, 0.25) is 0 Å². The van der Waals surface area contributed by atoms with E-state index in [1.807, 2.05) is 6.08 Å². The predicted octanol–water partition coefficient (Wildman–Crippen LogP) is 5.30. The molecule has 118 valence electrons. The van der Waals surface area contributed by atoms with Crippen LogP contribution in [0.3, 0.4) is 0 Å². The van der Waals surface area contributed by atoms with Crippen molar-refractivity contribution in [1.29, 1.82) is 0 Å². The van der Waals surface area contributed by atoms with Crippen molar-refractivity contribution in [2.24, 2.45) is 0 Å². The van der Waals surface area contributed by atoms with Gasteiger partial charge < -0.3 is 10.2 Å². The van der Waals surface area contributed by atoms with Crippen LogP contribution >= 0.6 is 15.9 Å². The number of hydrogen-bond acceptors (Lipinski definition) is 2. The molecule has 2 nitrogen and oxygen atoms in total. The standard InChI is InChI=1S/C18H29BrN2/c1-7-11-20-14(3)16-10-9-15(19)13-17(16)21(12-8-2)18(4,5)6/h8-10,13-14,20H,2,7,11-12H2,1,3-6H3. The van der Waals surface area contributed by atoms with Crippen LogP contribution in [-0.2, 0) is 0 Å². The van der Waals surface area contributed by atoms with Gasteiger partial charge in [-0.1, -0.05) is 35.0 Å². The van der Waals surface area contributed by atoms with E-state index in [0.717, 1.165) is 24.0 Å². The molecule has 0 radical (unpaired) electrons. The summed E-state index contributed by atoms with van der Waals surface area (Å²) >= 11 is 3.61. The van der Waals surface area contributed by atoms with E-state index in [-0.39, 0.29) is 5.54 Å². The fourth-order valence-electron chi connectivity index (χ4n) is 2.45. The molecule has 0 heterocycles. The first-order valence-electron chi connectivity index (χ1n) is 7.72.